The third kappa shape index (κ3) is 1.39. The third-order valence-corrected chi connectivity index (χ3v) is 3.16. The van der Waals surface area contributed by atoms with Gasteiger partial charge in [-0.15, -0.1) is 0 Å². The van der Waals surface area contributed by atoms with Crippen molar-refractivity contribution in [1.29, 1.82) is 0 Å². The van der Waals surface area contributed by atoms with Crippen LogP contribution in [0.5, 0.6) is 0 Å². The lowest BCUT2D eigenvalue weighted by Gasteiger charge is -2.14. The summed E-state index contributed by atoms with van der Waals surface area (Å²) in [5.74, 6) is -0.0894. The Balaban J connectivity index is 2.47. The van der Waals surface area contributed by atoms with E-state index >= 15 is 0 Å². The summed E-state index contributed by atoms with van der Waals surface area (Å²) in [4.78, 5) is 0. The fourth-order valence-electron chi connectivity index (χ4n) is 1.06. The van der Waals surface area contributed by atoms with Gasteiger partial charge >= 0.3 is 0 Å². The van der Waals surface area contributed by atoms with E-state index < -0.39 is 10.0 Å². The Kier molecular flexibility index (Phi) is 1.74. The molecule has 5 nitrogen and oxygen atoms in total. The molecule has 0 fully saturated rings. The molecule has 0 bridgehead atoms. The normalized spacial score (nSPS) is 20.4. The van der Waals surface area contributed by atoms with Crippen molar-refractivity contribution in [2.45, 2.75) is 12.4 Å². The summed E-state index contributed by atoms with van der Waals surface area (Å²) in [6.45, 7) is 0.320. The van der Waals surface area contributed by atoms with Crippen molar-refractivity contribution < 1.29 is 8.42 Å². The molecule has 1 aliphatic rings. The number of fused-ring (bicyclic) bond motifs is 1. The molecule has 1 aliphatic heterocycles. The number of aromatic nitrogens is 2. The van der Waals surface area contributed by atoms with Gasteiger partial charge in [-0.1, -0.05) is 0 Å². The summed E-state index contributed by atoms with van der Waals surface area (Å²) in [5, 5.41) is 3.96. The first-order valence-electron chi connectivity index (χ1n) is 3.26. The Morgan fingerprint density at radius 1 is 1.67 bits per heavy atom. The van der Waals surface area contributed by atoms with Gasteiger partial charge in [-0.2, -0.15) is 5.10 Å². The van der Waals surface area contributed by atoms with Crippen molar-refractivity contribution in [3.05, 3.63) is 16.4 Å². The van der Waals surface area contributed by atoms with Crippen LogP contribution in [0.25, 0.3) is 0 Å². The van der Waals surface area contributed by atoms with E-state index in [1.54, 1.807) is 6.07 Å². The van der Waals surface area contributed by atoms with Crippen molar-refractivity contribution in [2.75, 3.05) is 0 Å². The highest BCUT2D eigenvalue weighted by molar-refractivity contribution is 9.10. The lowest BCUT2D eigenvalue weighted by Crippen LogP contribution is -2.34. The van der Waals surface area contributed by atoms with Crippen LogP contribution < -0.4 is 4.72 Å². The zero-order valence-electron chi connectivity index (χ0n) is 5.99. The maximum Gasteiger partial charge on any atom is 0.232 e. The summed E-state index contributed by atoms with van der Waals surface area (Å²) >= 11 is 3.18. The van der Waals surface area contributed by atoms with E-state index in [2.05, 4.69) is 25.8 Å². The standard InChI is InChI=1S/C5H6BrN3O2S/c6-5-1-4-2-7-12(10,11)3-9(4)8-5/h1,7H,2-3H2. The van der Waals surface area contributed by atoms with Crippen LogP contribution in [0.4, 0.5) is 0 Å². The minimum absolute atomic E-state index is 0.0894. The molecule has 0 aromatic carbocycles. The topological polar surface area (TPSA) is 64.0 Å². The fraction of sp³-hybridized carbons (Fsp3) is 0.400. The second kappa shape index (κ2) is 2.54. The number of nitrogens with zero attached hydrogens (tertiary/aromatic N) is 2. The Morgan fingerprint density at radius 3 is 3.17 bits per heavy atom. The minimum atomic E-state index is -3.15. The quantitative estimate of drug-likeness (QED) is 0.708. The number of hydrogen-bond donors (Lipinski definition) is 1. The van der Waals surface area contributed by atoms with Crippen molar-refractivity contribution >= 4 is 26.0 Å². The third-order valence-electron chi connectivity index (χ3n) is 1.60. The maximum atomic E-state index is 11.0. The Hall–Kier alpha value is -0.400. The van der Waals surface area contributed by atoms with Crippen LogP contribution in [0, 0.1) is 0 Å². The molecule has 0 unspecified atom stereocenters. The SMILES string of the molecule is O=S1(=O)Cn2nc(Br)cc2CN1. The number of hydrogen-bond acceptors (Lipinski definition) is 3. The molecular weight excluding hydrogens is 246 g/mol. The molecule has 0 saturated heterocycles. The molecule has 1 N–H and O–H groups in total. The summed E-state index contributed by atoms with van der Waals surface area (Å²) in [7, 11) is -3.15. The molecule has 66 valence electrons. The first kappa shape index (κ1) is 8.21. The van der Waals surface area contributed by atoms with Crippen LogP contribution in [0.1, 0.15) is 5.69 Å². The lowest BCUT2D eigenvalue weighted by atomic mass is 10.4. The van der Waals surface area contributed by atoms with E-state index in [0.717, 1.165) is 5.69 Å². The largest absolute Gasteiger partial charge is 0.251 e. The molecule has 2 rings (SSSR count). The van der Waals surface area contributed by atoms with Crippen LogP contribution in [0.2, 0.25) is 0 Å². The number of halogens is 1. The first-order valence-corrected chi connectivity index (χ1v) is 5.71. The molecule has 0 atom stereocenters. The maximum absolute atomic E-state index is 11.0. The van der Waals surface area contributed by atoms with Crippen LogP contribution in [-0.4, -0.2) is 18.2 Å². The van der Waals surface area contributed by atoms with Gasteiger partial charge in [0.1, 0.15) is 4.60 Å². The molecule has 0 radical (unpaired) electrons. The average molecular weight is 252 g/mol. The molecular formula is C5H6BrN3O2S. The molecule has 1 aromatic heterocycles. The predicted molar refractivity (Wildman–Crippen MR) is 45.7 cm³/mol. The van der Waals surface area contributed by atoms with Gasteiger partial charge in [-0.05, 0) is 22.0 Å². The van der Waals surface area contributed by atoms with E-state index in [9.17, 15) is 8.42 Å². The highest BCUT2D eigenvalue weighted by Crippen LogP contribution is 2.14. The van der Waals surface area contributed by atoms with Gasteiger partial charge < -0.3 is 0 Å². The number of rotatable bonds is 0. The molecule has 12 heavy (non-hydrogen) atoms. The lowest BCUT2D eigenvalue weighted by molar-refractivity contribution is 0.534. The van der Waals surface area contributed by atoms with Crippen molar-refractivity contribution in [1.82, 2.24) is 14.5 Å². The van der Waals surface area contributed by atoms with Crippen LogP contribution in [0.3, 0.4) is 0 Å². The molecule has 2 heterocycles. The highest BCUT2D eigenvalue weighted by Gasteiger charge is 2.21. The predicted octanol–water partition coefficient (Wildman–Crippen LogP) is 0.0361. The highest BCUT2D eigenvalue weighted by atomic mass is 79.9. The molecule has 0 saturated carbocycles. The monoisotopic (exact) mass is 251 g/mol. The molecule has 0 aliphatic carbocycles. The van der Waals surface area contributed by atoms with Gasteiger partial charge in [0.25, 0.3) is 0 Å². The van der Waals surface area contributed by atoms with Gasteiger partial charge in [-0.25, -0.2) is 13.1 Å². The van der Waals surface area contributed by atoms with Gasteiger partial charge in [0.2, 0.25) is 10.0 Å². The van der Waals surface area contributed by atoms with Crippen LogP contribution in [0.15, 0.2) is 10.7 Å². The number of sulfonamides is 1. The molecule has 1 aromatic rings. The van der Waals surface area contributed by atoms with Crippen LogP contribution in [-0.2, 0) is 22.4 Å². The summed E-state index contributed by atoms with van der Waals surface area (Å²) in [6.07, 6.45) is 0. The summed E-state index contributed by atoms with van der Waals surface area (Å²) < 4.78 is 26.6. The fourth-order valence-corrected chi connectivity index (χ4v) is 2.53. The Bertz CT molecular complexity index is 410. The number of nitrogens with one attached hydrogen (secondary N) is 1. The van der Waals surface area contributed by atoms with Gasteiger partial charge in [-0.3, -0.25) is 4.68 Å². The second-order valence-corrected chi connectivity index (χ2v) is 5.11. The van der Waals surface area contributed by atoms with Gasteiger partial charge in [0.15, 0.2) is 5.88 Å². The van der Waals surface area contributed by atoms with Gasteiger partial charge in [0, 0.05) is 0 Å². The second-order valence-electron chi connectivity index (χ2n) is 2.52. The Morgan fingerprint density at radius 2 is 2.42 bits per heavy atom. The zero-order chi connectivity index (χ0) is 8.77. The Labute approximate surface area is 77.9 Å². The zero-order valence-corrected chi connectivity index (χ0v) is 8.39. The van der Waals surface area contributed by atoms with E-state index in [1.165, 1.54) is 4.68 Å². The molecule has 0 spiro atoms. The van der Waals surface area contributed by atoms with Crippen LogP contribution >= 0.6 is 15.9 Å². The van der Waals surface area contributed by atoms with E-state index in [1.807, 2.05) is 0 Å². The molecule has 7 heteroatoms. The molecule has 0 amide bonds. The average Bonchev–Trinajstić information content (AvgIpc) is 2.26. The van der Waals surface area contributed by atoms with E-state index in [4.69, 9.17) is 0 Å². The van der Waals surface area contributed by atoms with E-state index in [-0.39, 0.29) is 5.88 Å². The van der Waals surface area contributed by atoms with Gasteiger partial charge in [0.05, 0.1) is 12.2 Å². The smallest absolute Gasteiger partial charge is 0.232 e. The first-order chi connectivity index (χ1) is 5.57. The summed E-state index contributed by atoms with van der Waals surface area (Å²) in [5.41, 5.74) is 0.872. The van der Waals surface area contributed by atoms with Crippen molar-refractivity contribution in [3.63, 3.8) is 0 Å². The van der Waals surface area contributed by atoms with Crippen molar-refractivity contribution in [2.24, 2.45) is 0 Å². The summed E-state index contributed by atoms with van der Waals surface area (Å²) in [6, 6.07) is 1.79. The minimum Gasteiger partial charge on any atom is -0.251 e. The van der Waals surface area contributed by atoms with E-state index in [0.29, 0.717) is 11.1 Å². The van der Waals surface area contributed by atoms with Crippen molar-refractivity contribution in [3.8, 4) is 0 Å².